The topological polar surface area (TPSA) is 69.9 Å². The van der Waals surface area contributed by atoms with Gasteiger partial charge in [0.1, 0.15) is 5.75 Å². The Balaban J connectivity index is 1.94. The van der Waals surface area contributed by atoms with E-state index in [4.69, 9.17) is 21.1 Å². The summed E-state index contributed by atoms with van der Waals surface area (Å²) in [6.07, 6.45) is 1.84. The average Bonchev–Trinajstić information content (AvgIpc) is 3.08. The molecular formula is C24H19ClI2N2O4S. The molecule has 3 aromatic rings. The molecule has 34 heavy (non-hydrogen) atoms. The van der Waals surface area contributed by atoms with E-state index in [1.54, 1.807) is 37.7 Å². The Morgan fingerprint density at radius 3 is 2.47 bits per heavy atom. The standard InChI is InChI=1S/C24H19ClI2N2O4S/c1-4-33-23(31)19-12(2)28-24-29(20(19)14-5-7-15(25)8-6-14)22(30)18(34-24)11-13-9-16(26)21(32-3)17(27)10-13/h5-11,20H,4H2,1-3H3/b18-11-/t20-/m0/s1. The molecule has 0 spiro atoms. The van der Waals surface area contributed by atoms with Crippen LogP contribution in [0.4, 0.5) is 0 Å². The number of fused-ring (bicyclic) bond motifs is 1. The van der Waals surface area contributed by atoms with Crippen molar-refractivity contribution in [3.05, 3.63) is 90.6 Å². The first-order chi connectivity index (χ1) is 16.2. The Kier molecular flexibility index (Phi) is 7.85. The van der Waals surface area contributed by atoms with Crippen LogP contribution in [-0.2, 0) is 9.53 Å². The quantitative estimate of drug-likeness (QED) is 0.284. The highest BCUT2D eigenvalue weighted by molar-refractivity contribution is 14.1. The van der Waals surface area contributed by atoms with E-state index in [9.17, 15) is 9.59 Å². The molecule has 1 atom stereocenters. The van der Waals surface area contributed by atoms with E-state index >= 15 is 0 Å². The summed E-state index contributed by atoms with van der Waals surface area (Å²) in [4.78, 5) is 31.7. The number of hydrogen-bond acceptors (Lipinski definition) is 6. The zero-order chi connectivity index (χ0) is 24.6. The number of halogens is 3. The second-order valence-corrected chi connectivity index (χ2v) is 11.1. The molecule has 10 heteroatoms. The molecule has 176 valence electrons. The molecule has 0 bridgehead atoms. The third kappa shape index (κ3) is 4.84. The maximum atomic E-state index is 13.6. The molecule has 2 heterocycles. The van der Waals surface area contributed by atoms with Gasteiger partial charge in [0, 0.05) is 5.02 Å². The van der Waals surface area contributed by atoms with Gasteiger partial charge in [-0.05, 0) is 100 Å². The van der Waals surface area contributed by atoms with E-state index < -0.39 is 12.0 Å². The minimum Gasteiger partial charge on any atom is -0.495 e. The summed E-state index contributed by atoms with van der Waals surface area (Å²) in [5.74, 6) is 0.314. The van der Waals surface area contributed by atoms with Crippen LogP contribution in [0.1, 0.15) is 31.0 Å². The molecule has 0 radical (unpaired) electrons. The van der Waals surface area contributed by atoms with Crippen molar-refractivity contribution >= 4 is 80.2 Å². The van der Waals surface area contributed by atoms with Gasteiger partial charge in [-0.25, -0.2) is 9.79 Å². The lowest BCUT2D eigenvalue weighted by atomic mass is 9.96. The molecule has 2 aromatic carbocycles. The molecule has 1 aliphatic heterocycles. The Morgan fingerprint density at radius 2 is 1.88 bits per heavy atom. The normalized spacial score (nSPS) is 15.7. The summed E-state index contributed by atoms with van der Waals surface area (Å²) in [5, 5.41) is 0.568. The first kappa shape index (κ1) is 25.4. The highest BCUT2D eigenvalue weighted by Crippen LogP contribution is 2.32. The van der Waals surface area contributed by atoms with Gasteiger partial charge in [-0.1, -0.05) is 35.1 Å². The van der Waals surface area contributed by atoms with E-state index in [1.165, 1.54) is 11.3 Å². The predicted octanol–water partition coefficient (Wildman–Crippen LogP) is 4.67. The lowest BCUT2D eigenvalue weighted by Crippen LogP contribution is -2.39. The van der Waals surface area contributed by atoms with Crippen LogP contribution in [0.2, 0.25) is 5.02 Å². The summed E-state index contributed by atoms with van der Waals surface area (Å²) < 4.78 is 14.7. The van der Waals surface area contributed by atoms with Gasteiger partial charge in [-0.3, -0.25) is 9.36 Å². The number of rotatable bonds is 5. The molecule has 0 aliphatic carbocycles. The molecule has 0 saturated heterocycles. The smallest absolute Gasteiger partial charge is 0.338 e. The Morgan fingerprint density at radius 1 is 1.24 bits per heavy atom. The van der Waals surface area contributed by atoms with E-state index in [2.05, 4.69) is 50.2 Å². The van der Waals surface area contributed by atoms with Crippen LogP contribution >= 0.6 is 68.1 Å². The highest BCUT2D eigenvalue weighted by Gasteiger charge is 2.33. The van der Waals surface area contributed by atoms with Crippen molar-refractivity contribution in [2.75, 3.05) is 13.7 Å². The minimum absolute atomic E-state index is 0.223. The lowest BCUT2D eigenvalue weighted by molar-refractivity contribution is -0.139. The van der Waals surface area contributed by atoms with Crippen molar-refractivity contribution in [3.8, 4) is 5.75 Å². The Labute approximate surface area is 232 Å². The van der Waals surface area contributed by atoms with E-state index in [1.807, 2.05) is 30.3 Å². The van der Waals surface area contributed by atoms with Crippen molar-refractivity contribution in [1.82, 2.24) is 4.57 Å². The number of carbonyl (C=O) groups is 1. The van der Waals surface area contributed by atoms with E-state index in [0.29, 0.717) is 25.6 Å². The molecule has 6 nitrogen and oxygen atoms in total. The number of methoxy groups -OCH3 is 1. The van der Waals surface area contributed by atoms with Crippen molar-refractivity contribution < 1.29 is 14.3 Å². The first-order valence-corrected chi connectivity index (χ1v) is 13.6. The first-order valence-electron chi connectivity index (χ1n) is 10.2. The molecule has 1 aliphatic rings. The maximum absolute atomic E-state index is 13.6. The molecule has 4 rings (SSSR count). The third-order valence-corrected chi connectivity index (χ3v) is 8.06. The van der Waals surface area contributed by atoms with Gasteiger partial charge in [0.15, 0.2) is 4.80 Å². The summed E-state index contributed by atoms with van der Waals surface area (Å²) in [6, 6.07) is 10.4. The van der Waals surface area contributed by atoms with Crippen LogP contribution in [0, 0.1) is 7.14 Å². The minimum atomic E-state index is -0.661. The molecule has 0 unspecified atom stereocenters. The SMILES string of the molecule is CCOC(=O)C1=C(C)N=c2s/c(=C\c3cc(I)c(OC)c(I)c3)c(=O)n2[C@H]1c1ccc(Cl)cc1. The fourth-order valence-electron chi connectivity index (χ4n) is 3.76. The number of ether oxygens (including phenoxy) is 2. The highest BCUT2D eigenvalue weighted by atomic mass is 127. The largest absolute Gasteiger partial charge is 0.495 e. The van der Waals surface area contributed by atoms with Crippen molar-refractivity contribution in [1.29, 1.82) is 0 Å². The van der Waals surface area contributed by atoms with Gasteiger partial charge in [-0.2, -0.15) is 0 Å². The van der Waals surface area contributed by atoms with Gasteiger partial charge in [-0.15, -0.1) is 0 Å². The molecule has 0 fully saturated rings. The van der Waals surface area contributed by atoms with Crippen LogP contribution in [0.5, 0.6) is 5.75 Å². The number of aromatic nitrogens is 1. The molecule has 0 amide bonds. The third-order valence-electron chi connectivity index (χ3n) is 5.23. The predicted molar refractivity (Wildman–Crippen MR) is 150 cm³/mol. The summed E-state index contributed by atoms with van der Waals surface area (Å²) >= 11 is 11.8. The number of esters is 1. The Hall–Kier alpha value is -1.70. The van der Waals surface area contributed by atoms with Crippen LogP contribution in [0.15, 0.2) is 57.5 Å². The number of benzene rings is 2. The number of nitrogens with zero attached hydrogens (tertiary/aromatic N) is 2. The molecule has 0 saturated carbocycles. The van der Waals surface area contributed by atoms with Crippen LogP contribution in [0.25, 0.3) is 6.08 Å². The van der Waals surface area contributed by atoms with Gasteiger partial charge < -0.3 is 9.47 Å². The van der Waals surface area contributed by atoms with Crippen molar-refractivity contribution in [3.63, 3.8) is 0 Å². The zero-order valence-corrected chi connectivity index (χ0v) is 24.3. The molecule has 0 N–H and O–H groups in total. The lowest BCUT2D eigenvalue weighted by Gasteiger charge is -2.24. The van der Waals surface area contributed by atoms with Crippen molar-refractivity contribution in [2.45, 2.75) is 19.9 Å². The average molecular weight is 721 g/mol. The summed E-state index contributed by atoms with van der Waals surface area (Å²) in [5.41, 5.74) is 2.28. The van der Waals surface area contributed by atoms with Gasteiger partial charge in [0.05, 0.1) is 42.7 Å². The van der Waals surface area contributed by atoms with Crippen LogP contribution in [-0.4, -0.2) is 24.3 Å². The second-order valence-electron chi connectivity index (χ2n) is 7.37. The van der Waals surface area contributed by atoms with E-state index in [0.717, 1.165) is 24.0 Å². The molecular weight excluding hydrogens is 702 g/mol. The molecule has 1 aromatic heterocycles. The number of thiazole rings is 1. The Bertz CT molecular complexity index is 1470. The van der Waals surface area contributed by atoms with Gasteiger partial charge in [0.25, 0.3) is 5.56 Å². The summed E-state index contributed by atoms with van der Waals surface area (Å²) in [7, 11) is 1.64. The van der Waals surface area contributed by atoms with Crippen molar-refractivity contribution in [2.24, 2.45) is 4.99 Å². The van der Waals surface area contributed by atoms with Crippen LogP contribution < -0.4 is 19.6 Å². The van der Waals surface area contributed by atoms with Gasteiger partial charge >= 0.3 is 5.97 Å². The van der Waals surface area contributed by atoms with Crippen LogP contribution in [0.3, 0.4) is 0 Å². The summed E-state index contributed by atoms with van der Waals surface area (Å²) in [6.45, 7) is 3.74. The fraction of sp³-hybridized carbons (Fsp3) is 0.208. The monoisotopic (exact) mass is 720 g/mol. The number of allylic oxidation sites excluding steroid dienone is 1. The fourth-order valence-corrected chi connectivity index (χ4v) is 7.19. The number of carbonyl (C=O) groups excluding carboxylic acids is 1. The second kappa shape index (κ2) is 10.5. The number of hydrogen-bond donors (Lipinski definition) is 0. The maximum Gasteiger partial charge on any atom is 0.338 e. The zero-order valence-electron chi connectivity index (χ0n) is 18.4. The van der Waals surface area contributed by atoms with Gasteiger partial charge in [0.2, 0.25) is 0 Å². The van der Waals surface area contributed by atoms with E-state index in [-0.39, 0.29) is 12.2 Å².